The first-order valence-corrected chi connectivity index (χ1v) is 7.78. The molecule has 3 unspecified atom stereocenters. The van der Waals surface area contributed by atoms with Crippen molar-refractivity contribution in [3.05, 3.63) is 0 Å². The molecule has 0 aromatic heterocycles. The average Bonchev–Trinajstić information content (AvgIpc) is 2.82. The van der Waals surface area contributed by atoms with Gasteiger partial charge in [0.25, 0.3) is 0 Å². The zero-order valence-corrected chi connectivity index (χ0v) is 12.2. The van der Waals surface area contributed by atoms with Crippen LogP contribution in [-0.4, -0.2) is 60.5 Å². The predicted octanol–water partition coefficient (Wildman–Crippen LogP) is 1.37. The van der Waals surface area contributed by atoms with E-state index >= 15 is 0 Å². The first-order valence-electron chi connectivity index (χ1n) is 7.78. The molecule has 0 saturated carbocycles. The van der Waals surface area contributed by atoms with Crippen molar-refractivity contribution in [2.75, 3.05) is 32.9 Å². The quantitative estimate of drug-likeness (QED) is 0.829. The molecule has 3 rings (SSSR count). The molecule has 5 nitrogen and oxygen atoms in total. The summed E-state index contributed by atoms with van der Waals surface area (Å²) in [7, 11) is 0. The summed E-state index contributed by atoms with van der Waals surface area (Å²) in [6, 6.07) is 0.480. The topological polar surface area (TPSA) is 59.0 Å². The Labute approximate surface area is 120 Å². The van der Waals surface area contributed by atoms with Crippen molar-refractivity contribution in [3.63, 3.8) is 0 Å². The van der Waals surface area contributed by atoms with E-state index in [1.807, 2.05) is 0 Å². The lowest BCUT2D eigenvalue weighted by Crippen LogP contribution is -2.50. The van der Waals surface area contributed by atoms with Crippen LogP contribution in [0.5, 0.6) is 0 Å². The zero-order valence-electron chi connectivity index (χ0n) is 12.2. The maximum atomic E-state index is 11.3. The first kappa shape index (κ1) is 14.3. The Morgan fingerprint density at radius 1 is 1.25 bits per heavy atom. The van der Waals surface area contributed by atoms with Crippen molar-refractivity contribution in [3.8, 4) is 0 Å². The molecule has 3 saturated heterocycles. The highest BCUT2D eigenvalue weighted by atomic mass is 16.5. The highest BCUT2D eigenvalue weighted by molar-refractivity contribution is 5.71. The first-order chi connectivity index (χ1) is 9.60. The number of hydrogen-bond acceptors (Lipinski definition) is 4. The number of nitrogens with zero attached hydrogens (tertiary/aromatic N) is 1. The highest BCUT2D eigenvalue weighted by Gasteiger charge is 2.44. The van der Waals surface area contributed by atoms with Gasteiger partial charge in [-0.1, -0.05) is 6.92 Å². The fraction of sp³-hybridized carbons (Fsp3) is 0.933. The van der Waals surface area contributed by atoms with Crippen molar-refractivity contribution in [1.29, 1.82) is 0 Å². The molecule has 1 spiro atoms. The minimum Gasteiger partial charge on any atom is -0.481 e. The molecular formula is C15H25NO4. The van der Waals surface area contributed by atoms with E-state index in [1.165, 1.54) is 0 Å². The summed E-state index contributed by atoms with van der Waals surface area (Å²) in [4.78, 5) is 13.7. The molecule has 3 aliphatic heterocycles. The van der Waals surface area contributed by atoms with Gasteiger partial charge in [0.15, 0.2) is 0 Å². The van der Waals surface area contributed by atoms with Crippen LogP contribution in [-0.2, 0) is 14.3 Å². The van der Waals surface area contributed by atoms with Crippen LogP contribution in [0, 0.1) is 11.8 Å². The summed E-state index contributed by atoms with van der Waals surface area (Å²) in [5.74, 6) is -0.600. The Bertz CT molecular complexity index is 361. The van der Waals surface area contributed by atoms with Gasteiger partial charge in [-0.05, 0) is 31.6 Å². The normalized spacial score (nSPS) is 38.1. The number of aliphatic carboxylic acids is 1. The van der Waals surface area contributed by atoms with Gasteiger partial charge in [-0.2, -0.15) is 0 Å². The Hall–Kier alpha value is -0.650. The highest BCUT2D eigenvalue weighted by Crippen LogP contribution is 2.38. The lowest BCUT2D eigenvalue weighted by atomic mass is 9.83. The maximum Gasteiger partial charge on any atom is 0.308 e. The Balaban J connectivity index is 1.64. The van der Waals surface area contributed by atoms with Crippen molar-refractivity contribution in [2.24, 2.45) is 11.8 Å². The van der Waals surface area contributed by atoms with E-state index in [2.05, 4.69) is 11.8 Å². The summed E-state index contributed by atoms with van der Waals surface area (Å²) in [6.07, 6.45) is 4.03. The number of carboxylic acid groups (broad SMARTS) is 1. The number of carbonyl (C=O) groups is 1. The van der Waals surface area contributed by atoms with E-state index in [-0.39, 0.29) is 17.4 Å². The molecule has 0 radical (unpaired) electrons. The van der Waals surface area contributed by atoms with Crippen molar-refractivity contribution in [2.45, 2.75) is 44.2 Å². The van der Waals surface area contributed by atoms with Crippen LogP contribution < -0.4 is 0 Å². The van der Waals surface area contributed by atoms with Gasteiger partial charge in [0.2, 0.25) is 0 Å². The van der Waals surface area contributed by atoms with Crippen LogP contribution in [0.1, 0.15) is 32.6 Å². The molecular weight excluding hydrogens is 258 g/mol. The van der Waals surface area contributed by atoms with Crippen molar-refractivity contribution in [1.82, 2.24) is 4.90 Å². The minimum atomic E-state index is -0.646. The number of rotatable bonds is 2. The van der Waals surface area contributed by atoms with Crippen LogP contribution in [0.3, 0.4) is 0 Å². The lowest BCUT2D eigenvalue weighted by Gasteiger charge is -2.45. The van der Waals surface area contributed by atoms with E-state index < -0.39 is 5.97 Å². The second kappa shape index (κ2) is 5.62. The zero-order chi connectivity index (χ0) is 14.2. The van der Waals surface area contributed by atoms with Crippen LogP contribution in [0.4, 0.5) is 0 Å². The Kier molecular flexibility index (Phi) is 4.02. The van der Waals surface area contributed by atoms with E-state index in [4.69, 9.17) is 9.47 Å². The maximum absolute atomic E-state index is 11.3. The molecule has 3 atom stereocenters. The molecule has 0 aromatic carbocycles. The van der Waals surface area contributed by atoms with Crippen molar-refractivity contribution < 1.29 is 19.4 Å². The third-order valence-electron chi connectivity index (χ3n) is 5.35. The van der Waals surface area contributed by atoms with Gasteiger partial charge in [-0.15, -0.1) is 0 Å². The molecule has 20 heavy (non-hydrogen) atoms. The Morgan fingerprint density at radius 2 is 2.00 bits per heavy atom. The second-order valence-corrected chi connectivity index (χ2v) is 6.67. The molecule has 3 fully saturated rings. The molecule has 3 heterocycles. The predicted molar refractivity (Wildman–Crippen MR) is 73.6 cm³/mol. The molecule has 0 aliphatic carbocycles. The number of carboxylic acids is 1. The van der Waals surface area contributed by atoms with Crippen molar-refractivity contribution >= 4 is 5.97 Å². The van der Waals surface area contributed by atoms with E-state index in [9.17, 15) is 9.90 Å². The number of likely N-dealkylation sites (tertiary alicyclic amines) is 1. The largest absolute Gasteiger partial charge is 0.481 e. The summed E-state index contributed by atoms with van der Waals surface area (Å²) in [5.41, 5.74) is -0.00822. The Morgan fingerprint density at radius 3 is 2.65 bits per heavy atom. The standard InChI is InChI=1S/C15H25NO4/c1-11-9-16(10-13(11)14(17)18)12-2-5-20-15(8-12)3-6-19-7-4-15/h11-13H,2-10H2,1H3,(H,17,18). The summed E-state index contributed by atoms with van der Waals surface area (Å²) in [6.45, 7) is 6.05. The lowest BCUT2D eigenvalue weighted by molar-refractivity contribution is -0.150. The van der Waals surface area contributed by atoms with Gasteiger partial charge in [-0.25, -0.2) is 0 Å². The average molecular weight is 283 g/mol. The van der Waals surface area contributed by atoms with E-state index in [1.54, 1.807) is 0 Å². The van der Waals surface area contributed by atoms with Crippen LogP contribution in [0.15, 0.2) is 0 Å². The second-order valence-electron chi connectivity index (χ2n) is 6.67. The number of ether oxygens (including phenoxy) is 2. The van der Waals surface area contributed by atoms with Gasteiger partial charge in [0.05, 0.1) is 11.5 Å². The van der Waals surface area contributed by atoms with Gasteiger partial charge >= 0.3 is 5.97 Å². The minimum absolute atomic E-state index is 0.00822. The fourth-order valence-corrected chi connectivity index (χ4v) is 4.03. The van der Waals surface area contributed by atoms with Crippen LogP contribution in [0.25, 0.3) is 0 Å². The third kappa shape index (κ3) is 2.71. The van der Waals surface area contributed by atoms with E-state index in [0.717, 1.165) is 52.0 Å². The SMILES string of the molecule is CC1CN(C2CCOC3(CCOCC3)C2)CC1C(=O)O. The molecule has 0 bridgehead atoms. The van der Waals surface area contributed by atoms with Crippen LogP contribution in [0.2, 0.25) is 0 Å². The summed E-state index contributed by atoms with van der Waals surface area (Å²) >= 11 is 0. The smallest absolute Gasteiger partial charge is 0.308 e. The summed E-state index contributed by atoms with van der Waals surface area (Å²) < 4.78 is 11.5. The van der Waals surface area contributed by atoms with E-state index in [0.29, 0.717) is 12.6 Å². The van der Waals surface area contributed by atoms with Gasteiger partial charge in [-0.3, -0.25) is 9.69 Å². The van der Waals surface area contributed by atoms with Gasteiger partial charge in [0, 0.05) is 39.0 Å². The summed E-state index contributed by atoms with van der Waals surface area (Å²) in [5, 5.41) is 9.27. The van der Waals surface area contributed by atoms with Gasteiger partial charge < -0.3 is 14.6 Å². The third-order valence-corrected chi connectivity index (χ3v) is 5.35. The molecule has 3 aliphatic rings. The van der Waals surface area contributed by atoms with Crippen LogP contribution >= 0.6 is 0 Å². The monoisotopic (exact) mass is 283 g/mol. The fourth-order valence-electron chi connectivity index (χ4n) is 4.03. The molecule has 5 heteroatoms. The van der Waals surface area contributed by atoms with Gasteiger partial charge in [0.1, 0.15) is 0 Å². The molecule has 0 aromatic rings. The molecule has 0 amide bonds. The number of hydrogen-bond donors (Lipinski definition) is 1. The molecule has 114 valence electrons. The molecule has 1 N–H and O–H groups in total.